The average Bonchev–Trinajstić information content (AvgIpc) is 2.72. The van der Waals surface area contributed by atoms with Gasteiger partial charge in [-0.05, 0) is 44.4 Å². The van der Waals surface area contributed by atoms with Gasteiger partial charge in [0.1, 0.15) is 5.60 Å². The number of anilines is 1. The van der Waals surface area contributed by atoms with Crippen molar-refractivity contribution < 1.29 is 19.1 Å². The Labute approximate surface area is 183 Å². The van der Waals surface area contributed by atoms with Crippen LogP contribution in [0.15, 0.2) is 36.5 Å². The third kappa shape index (κ3) is 7.99. The Kier molecular flexibility index (Phi) is 8.96. The molecule has 0 aliphatic heterocycles. The quantitative estimate of drug-likeness (QED) is 0.528. The summed E-state index contributed by atoms with van der Waals surface area (Å²) in [6.07, 6.45) is 1.86. The molecule has 1 heterocycles. The number of nitrogens with zero attached hydrogens (tertiary/aromatic N) is 1. The summed E-state index contributed by atoms with van der Waals surface area (Å²) < 4.78 is 10.6. The minimum atomic E-state index is -0.673. The Morgan fingerprint density at radius 3 is 2.58 bits per heavy atom. The Balaban J connectivity index is 2.28. The first-order chi connectivity index (χ1) is 14.7. The van der Waals surface area contributed by atoms with Crippen LogP contribution in [0.3, 0.4) is 0 Å². The van der Waals surface area contributed by atoms with E-state index in [0.29, 0.717) is 26.3 Å². The molecule has 4 N–H and O–H groups in total. The molecule has 0 atom stereocenters. The maximum Gasteiger partial charge on any atom is 0.412 e. The molecule has 8 heteroatoms. The molecule has 0 aliphatic rings. The number of ether oxygens (including phenoxy) is 2. The van der Waals surface area contributed by atoms with E-state index < -0.39 is 17.6 Å². The predicted molar refractivity (Wildman–Crippen MR) is 121 cm³/mol. The van der Waals surface area contributed by atoms with Crippen molar-refractivity contribution in [1.29, 1.82) is 0 Å². The molecule has 2 rings (SSSR count). The number of nitrogens with one attached hydrogen (secondary N) is 2. The largest absolute Gasteiger partial charge is 0.444 e. The summed E-state index contributed by atoms with van der Waals surface area (Å²) in [6.45, 7) is 8.86. The summed E-state index contributed by atoms with van der Waals surface area (Å²) in [4.78, 5) is 29.4. The maximum absolute atomic E-state index is 12.7. The minimum absolute atomic E-state index is 0.0973. The van der Waals surface area contributed by atoms with Crippen molar-refractivity contribution in [1.82, 2.24) is 10.3 Å². The Morgan fingerprint density at radius 2 is 1.90 bits per heavy atom. The number of amides is 2. The summed E-state index contributed by atoms with van der Waals surface area (Å²) in [5.41, 5.74) is 7.98. The van der Waals surface area contributed by atoms with Crippen molar-refractivity contribution in [3.05, 3.63) is 47.8 Å². The summed E-state index contributed by atoms with van der Waals surface area (Å²) in [7, 11) is 0. The van der Waals surface area contributed by atoms with Gasteiger partial charge in [0.15, 0.2) is 5.69 Å². The number of pyridine rings is 1. The number of carbonyl (C=O) groups is 2. The van der Waals surface area contributed by atoms with E-state index >= 15 is 0 Å². The second kappa shape index (κ2) is 11.4. The van der Waals surface area contributed by atoms with Crippen LogP contribution in [0.25, 0.3) is 11.1 Å². The van der Waals surface area contributed by atoms with E-state index in [0.717, 1.165) is 17.5 Å². The lowest BCUT2D eigenvalue weighted by Crippen LogP contribution is -2.31. The molecule has 31 heavy (non-hydrogen) atoms. The van der Waals surface area contributed by atoms with Gasteiger partial charge < -0.3 is 20.5 Å². The lowest BCUT2D eigenvalue weighted by atomic mass is 10.0. The fourth-order valence-electron chi connectivity index (χ4n) is 2.79. The highest BCUT2D eigenvalue weighted by molar-refractivity contribution is 6.01. The number of rotatable bonds is 9. The van der Waals surface area contributed by atoms with Crippen LogP contribution >= 0.6 is 0 Å². The maximum atomic E-state index is 12.7. The van der Waals surface area contributed by atoms with E-state index in [-0.39, 0.29) is 11.4 Å². The second-order valence-electron chi connectivity index (χ2n) is 7.96. The van der Waals surface area contributed by atoms with Crippen LogP contribution in [0.5, 0.6) is 0 Å². The normalized spacial score (nSPS) is 11.1. The molecule has 0 saturated carbocycles. The average molecular weight is 429 g/mol. The molecule has 0 radical (unpaired) electrons. The van der Waals surface area contributed by atoms with Crippen LogP contribution in [-0.2, 0) is 15.9 Å². The van der Waals surface area contributed by atoms with E-state index in [1.54, 1.807) is 33.0 Å². The summed E-state index contributed by atoms with van der Waals surface area (Å²) in [5, 5.41) is 5.40. The van der Waals surface area contributed by atoms with Gasteiger partial charge in [0.25, 0.3) is 5.91 Å². The molecule has 168 valence electrons. The van der Waals surface area contributed by atoms with Gasteiger partial charge in [-0.25, -0.2) is 9.78 Å². The van der Waals surface area contributed by atoms with E-state index in [1.165, 1.54) is 5.56 Å². The van der Waals surface area contributed by atoms with E-state index in [9.17, 15) is 9.59 Å². The van der Waals surface area contributed by atoms with Crippen LogP contribution in [0.1, 0.15) is 43.7 Å². The SMILES string of the molecule is CCc1cccc(-c2cnc(C(=O)NCCOCCN)c(NC(=O)OC(C)(C)C)c2)c1. The predicted octanol–water partition coefficient (Wildman–Crippen LogP) is 3.36. The number of carbonyl (C=O) groups excluding carboxylic acids is 2. The van der Waals surface area contributed by atoms with Crippen LogP contribution in [0, 0.1) is 0 Å². The summed E-state index contributed by atoms with van der Waals surface area (Å²) >= 11 is 0. The number of hydrogen-bond donors (Lipinski definition) is 3. The van der Waals surface area contributed by atoms with Crippen molar-refractivity contribution in [2.24, 2.45) is 5.73 Å². The van der Waals surface area contributed by atoms with Gasteiger partial charge in [0.05, 0.1) is 18.9 Å². The zero-order valence-corrected chi connectivity index (χ0v) is 18.7. The van der Waals surface area contributed by atoms with Gasteiger partial charge in [-0.1, -0.05) is 31.2 Å². The first kappa shape index (κ1) is 24.3. The van der Waals surface area contributed by atoms with Gasteiger partial charge in [-0.15, -0.1) is 0 Å². The molecular formula is C23H32N4O4. The Bertz CT molecular complexity index is 893. The zero-order chi connectivity index (χ0) is 22.9. The number of aromatic nitrogens is 1. The zero-order valence-electron chi connectivity index (χ0n) is 18.7. The highest BCUT2D eigenvalue weighted by atomic mass is 16.6. The van der Waals surface area contributed by atoms with Crippen LogP contribution < -0.4 is 16.4 Å². The second-order valence-corrected chi connectivity index (χ2v) is 7.96. The lowest BCUT2D eigenvalue weighted by molar-refractivity contribution is 0.0636. The third-order valence-corrected chi connectivity index (χ3v) is 4.20. The summed E-state index contributed by atoms with van der Waals surface area (Å²) in [5.74, 6) is -0.420. The molecule has 2 amide bonds. The molecule has 1 aromatic carbocycles. The molecule has 0 fully saturated rings. The fourth-order valence-corrected chi connectivity index (χ4v) is 2.79. The van der Waals surface area contributed by atoms with E-state index in [2.05, 4.69) is 28.6 Å². The lowest BCUT2D eigenvalue weighted by Gasteiger charge is -2.20. The van der Waals surface area contributed by atoms with Gasteiger partial charge in [-0.3, -0.25) is 10.1 Å². The molecule has 2 aromatic rings. The molecule has 0 bridgehead atoms. The Hall–Kier alpha value is -2.97. The van der Waals surface area contributed by atoms with Gasteiger partial charge in [0.2, 0.25) is 0 Å². The van der Waals surface area contributed by atoms with E-state index in [1.807, 2.05) is 18.2 Å². The molecule has 0 aliphatic carbocycles. The number of nitrogens with two attached hydrogens (primary N) is 1. The Morgan fingerprint density at radius 1 is 1.13 bits per heavy atom. The highest BCUT2D eigenvalue weighted by Crippen LogP contribution is 2.25. The molecule has 8 nitrogen and oxygen atoms in total. The van der Waals surface area contributed by atoms with Gasteiger partial charge >= 0.3 is 6.09 Å². The van der Waals surface area contributed by atoms with Crippen molar-refractivity contribution in [2.75, 3.05) is 31.6 Å². The van der Waals surface area contributed by atoms with Crippen molar-refractivity contribution in [3.63, 3.8) is 0 Å². The van der Waals surface area contributed by atoms with Crippen molar-refractivity contribution in [2.45, 2.75) is 39.7 Å². The van der Waals surface area contributed by atoms with Crippen molar-refractivity contribution >= 4 is 17.7 Å². The topological polar surface area (TPSA) is 116 Å². The fraction of sp³-hybridized carbons (Fsp3) is 0.435. The highest BCUT2D eigenvalue weighted by Gasteiger charge is 2.20. The van der Waals surface area contributed by atoms with Crippen LogP contribution in [-0.4, -0.2) is 48.9 Å². The molecule has 0 unspecified atom stereocenters. The first-order valence-corrected chi connectivity index (χ1v) is 10.4. The van der Waals surface area contributed by atoms with E-state index in [4.69, 9.17) is 15.2 Å². The first-order valence-electron chi connectivity index (χ1n) is 10.4. The molecular weight excluding hydrogens is 396 g/mol. The number of benzene rings is 1. The van der Waals surface area contributed by atoms with Crippen molar-refractivity contribution in [3.8, 4) is 11.1 Å². The van der Waals surface area contributed by atoms with Crippen LogP contribution in [0.4, 0.5) is 10.5 Å². The standard InChI is InChI=1S/C23H32N4O4/c1-5-16-7-6-8-17(13-16)18-14-19(27-22(29)31-23(2,3)4)20(26-15-18)21(28)25-10-12-30-11-9-24/h6-8,13-15H,5,9-12,24H2,1-4H3,(H,25,28)(H,27,29). The number of aryl methyl sites for hydroxylation is 1. The summed E-state index contributed by atoms with van der Waals surface area (Å²) in [6, 6.07) is 9.76. The molecule has 0 spiro atoms. The minimum Gasteiger partial charge on any atom is -0.444 e. The molecule has 1 aromatic heterocycles. The molecule has 0 saturated heterocycles. The monoisotopic (exact) mass is 428 g/mol. The third-order valence-electron chi connectivity index (χ3n) is 4.20. The number of hydrogen-bond acceptors (Lipinski definition) is 6. The smallest absolute Gasteiger partial charge is 0.412 e. The van der Waals surface area contributed by atoms with Gasteiger partial charge in [-0.2, -0.15) is 0 Å². The van der Waals surface area contributed by atoms with Crippen LogP contribution in [0.2, 0.25) is 0 Å². The van der Waals surface area contributed by atoms with Gasteiger partial charge in [0, 0.05) is 24.8 Å².